The Labute approximate surface area is 145 Å². The standard InChI is InChI=1S/C19H18N4O2/c1-25-18-17(13-6-3-2-4-7-13)19(24)23-15(8-5-9-16(23)22-18)14-10-20-12-21-11-14/h2-4,6-7,10-12,15H,5,8-9H2,1H3. The molecule has 126 valence electrons. The van der Waals surface area contributed by atoms with Crippen LogP contribution in [-0.2, 0) is 6.42 Å². The minimum atomic E-state index is -0.0988. The number of aryl methyl sites for hydroxylation is 1. The maximum absolute atomic E-state index is 13.4. The fourth-order valence-corrected chi connectivity index (χ4v) is 3.43. The van der Waals surface area contributed by atoms with E-state index < -0.39 is 0 Å². The molecule has 25 heavy (non-hydrogen) atoms. The zero-order valence-electron chi connectivity index (χ0n) is 13.9. The monoisotopic (exact) mass is 334 g/mol. The van der Waals surface area contributed by atoms with E-state index in [4.69, 9.17) is 4.74 Å². The van der Waals surface area contributed by atoms with Gasteiger partial charge in [0.15, 0.2) is 0 Å². The van der Waals surface area contributed by atoms with Gasteiger partial charge < -0.3 is 4.74 Å². The molecule has 2 aromatic heterocycles. The third-order valence-electron chi connectivity index (χ3n) is 4.57. The van der Waals surface area contributed by atoms with Crippen molar-refractivity contribution in [3.63, 3.8) is 0 Å². The highest BCUT2D eigenvalue weighted by atomic mass is 16.5. The lowest BCUT2D eigenvalue weighted by Crippen LogP contribution is -2.34. The fourth-order valence-electron chi connectivity index (χ4n) is 3.43. The molecule has 0 radical (unpaired) electrons. The normalized spacial score (nSPS) is 16.3. The van der Waals surface area contributed by atoms with Crippen LogP contribution in [0, 0.1) is 0 Å². The lowest BCUT2D eigenvalue weighted by Gasteiger charge is -2.28. The molecule has 0 N–H and O–H groups in total. The summed E-state index contributed by atoms with van der Waals surface area (Å²) in [5.74, 6) is 1.13. The van der Waals surface area contributed by atoms with Gasteiger partial charge in [-0.2, -0.15) is 4.98 Å². The van der Waals surface area contributed by atoms with Crippen LogP contribution >= 0.6 is 0 Å². The topological polar surface area (TPSA) is 69.9 Å². The predicted molar refractivity (Wildman–Crippen MR) is 93.6 cm³/mol. The number of nitrogens with zero attached hydrogens (tertiary/aromatic N) is 4. The summed E-state index contributed by atoms with van der Waals surface area (Å²) in [6, 6.07) is 9.43. The third kappa shape index (κ3) is 2.69. The molecule has 1 unspecified atom stereocenters. The Morgan fingerprint density at radius 2 is 1.92 bits per heavy atom. The molecule has 0 fully saturated rings. The van der Waals surface area contributed by atoms with Gasteiger partial charge in [-0.25, -0.2) is 9.97 Å². The average Bonchev–Trinajstić information content (AvgIpc) is 2.68. The molecular weight excluding hydrogens is 316 g/mol. The molecule has 4 rings (SSSR count). The molecule has 0 amide bonds. The van der Waals surface area contributed by atoms with Crippen LogP contribution in [0.1, 0.15) is 30.3 Å². The largest absolute Gasteiger partial charge is 0.480 e. The van der Waals surface area contributed by atoms with Gasteiger partial charge in [0, 0.05) is 24.4 Å². The summed E-state index contributed by atoms with van der Waals surface area (Å²) >= 11 is 0. The quantitative estimate of drug-likeness (QED) is 0.736. The van der Waals surface area contributed by atoms with Crippen LogP contribution in [0.5, 0.6) is 5.88 Å². The Bertz CT molecular complexity index is 939. The number of hydrogen-bond acceptors (Lipinski definition) is 5. The van der Waals surface area contributed by atoms with E-state index >= 15 is 0 Å². The molecule has 1 aliphatic rings. The zero-order valence-corrected chi connectivity index (χ0v) is 13.9. The Morgan fingerprint density at radius 1 is 1.16 bits per heavy atom. The lowest BCUT2D eigenvalue weighted by molar-refractivity contribution is 0.374. The highest BCUT2D eigenvalue weighted by molar-refractivity contribution is 5.67. The number of ether oxygens (including phenoxy) is 1. The molecule has 0 saturated carbocycles. The zero-order chi connectivity index (χ0) is 17.2. The molecule has 3 heterocycles. The van der Waals surface area contributed by atoms with Crippen molar-refractivity contribution in [2.24, 2.45) is 0 Å². The SMILES string of the molecule is COc1nc2n(c(=O)c1-c1ccccc1)C(c1cncnc1)CCC2. The maximum Gasteiger partial charge on any atom is 0.265 e. The second-order valence-corrected chi connectivity index (χ2v) is 6.03. The second kappa shape index (κ2) is 6.47. The van der Waals surface area contributed by atoms with Gasteiger partial charge in [-0.15, -0.1) is 0 Å². The van der Waals surface area contributed by atoms with Gasteiger partial charge in [0.2, 0.25) is 5.88 Å². The summed E-state index contributed by atoms with van der Waals surface area (Å²) in [5.41, 5.74) is 2.15. The molecule has 0 bridgehead atoms. The number of aromatic nitrogens is 4. The molecule has 0 aliphatic carbocycles. The third-order valence-corrected chi connectivity index (χ3v) is 4.57. The van der Waals surface area contributed by atoms with E-state index in [9.17, 15) is 4.79 Å². The van der Waals surface area contributed by atoms with E-state index in [2.05, 4.69) is 15.0 Å². The number of methoxy groups -OCH3 is 1. The maximum atomic E-state index is 13.4. The minimum absolute atomic E-state index is 0.0818. The molecule has 1 aromatic carbocycles. The van der Waals surface area contributed by atoms with Crippen molar-refractivity contribution in [1.29, 1.82) is 0 Å². The van der Waals surface area contributed by atoms with Crippen LogP contribution in [0.15, 0.2) is 53.8 Å². The molecule has 3 aromatic rings. The number of hydrogen-bond donors (Lipinski definition) is 0. The second-order valence-electron chi connectivity index (χ2n) is 6.03. The van der Waals surface area contributed by atoms with Gasteiger partial charge in [-0.05, 0) is 18.4 Å². The van der Waals surface area contributed by atoms with Crippen molar-refractivity contribution in [2.75, 3.05) is 7.11 Å². The minimum Gasteiger partial charge on any atom is -0.480 e. The van der Waals surface area contributed by atoms with E-state index in [1.807, 2.05) is 30.3 Å². The van der Waals surface area contributed by atoms with Crippen molar-refractivity contribution in [1.82, 2.24) is 19.5 Å². The van der Waals surface area contributed by atoms with Crippen molar-refractivity contribution in [2.45, 2.75) is 25.3 Å². The first-order valence-corrected chi connectivity index (χ1v) is 8.29. The van der Waals surface area contributed by atoms with Crippen molar-refractivity contribution >= 4 is 0 Å². The summed E-state index contributed by atoms with van der Waals surface area (Å²) in [7, 11) is 1.55. The lowest BCUT2D eigenvalue weighted by atomic mass is 9.98. The van der Waals surface area contributed by atoms with Gasteiger partial charge in [0.05, 0.1) is 13.2 Å². The van der Waals surface area contributed by atoms with Gasteiger partial charge in [0.1, 0.15) is 17.7 Å². The number of benzene rings is 1. The van der Waals surface area contributed by atoms with Crippen LogP contribution in [0.25, 0.3) is 11.1 Å². The molecule has 6 nitrogen and oxygen atoms in total. The predicted octanol–water partition coefficient (Wildman–Crippen LogP) is 2.63. The first-order valence-electron chi connectivity index (χ1n) is 8.29. The summed E-state index contributed by atoms with van der Waals surface area (Å²) < 4.78 is 7.22. The summed E-state index contributed by atoms with van der Waals surface area (Å²) in [6.45, 7) is 0. The molecule has 0 saturated heterocycles. The van der Waals surface area contributed by atoms with Gasteiger partial charge >= 0.3 is 0 Å². The van der Waals surface area contributed by atoms with E-state index in [-0.39, 0.29) is 11.6 Å². The average molecular weight is 334 g/mol. The Morgan fingerprint density at radius 3 is 2.64 bits per heavy atom. The van der Waals surface area contributed by atoms with Crippen LogP contribution < -0.4 is 10.3 Å². The Balaban J connectivity index is 1.96. The highest BCUT2D eigenvalue weighted by Gasteiger charge is 2.28. The van der Waals surface area contributed by atoms with E-state index in [0.29, 0.717) is 11.4 Å². The van der Waals surface area contributed by atoms with Crippen molar-refractivity contribution < 1.29 is 4.74 Å². The first-order chi connectivity index (χ1) is 12.3. The Hall–Kier alpha value is -3.02. The van der Waals surface area contributed by atoms with E-state index in [1.165, 1.54) is 6.33 Å². The fraction of sp³-hybridized carbons (Fsp3) is 0.263. The van der Waals surface area contributed by atoms with Crippen molar-refractivity contribution in [3.05, 3.63) is 70.8 Å². The summed E-state index contributed by atoms with van der Waals surface area (Å²) in [4.78, 5) is 26.2. The molecule has 1 aliphatic heterocycles. The van der Waals surface area contributed by atoms with Crippen LogP contribution in [0.2, 0.25) is 0 Å². The van der Waals surface area contributed by atoms with E-state index in [0.717, 1.165) is 36.2 Å². The molecule has 1 atom stereocenters. The van der Waals surface area contributed by atoms with Crippen LogP contribution in [-0.4, -0.2) is 26.6 Å². The van der Waals surface area contributed by atoms with Crippen molar-refractivity contribution in [3.8, 4) is 17.0 Å². The smallest absolute Gasteiger partial charge is 0.265 e. The van der Waals surface area contributed by atoms with Crippen LogP contribution in [0.3, 0.4) is 0 Å². The van der Waals surface area contributed by atoms with Gasteiger partial charge in [-0.3, -0.25) is 9.36 Å². The Kier molecular flexibility index (Phi) is 4.01. The molecule has 6 heteroatoms. The number of rotatable bonds is 3. The highest BCUT2D eigenvalue weighted by Crippen LogP contribution is 2.32. The van der Waals surface area contributed by atoms with Crippen LogP contribution in [0.4, 0.5) is 0 Å². The van der Waals surface area contributed by atoms with Gasteiger partial charge in [-0.1, -0.05) is 30.3 Å². The first kappa shape index (κ1) is 15.5. The van der Waals surface area contributed by atoms with Gasteiger partial charge in [0.25, 0.3) is 5.56 Å². The molecule has 0 spiro atoms. The summed E-state index contributed by atoms with van der Waals surface area (Å²) in [6.07, 6.45) is 7.61. The molecular formula is C19H18N4O2. The van der Waals surface area contributed by atoms with E-state index in [1.54, 1.807) is 24.1 Å². The summed E-state index contributed by atoms with van der Waals surface area (Å²) in [5, 5.41) is 0. The number of fused-ring (bicyclic) bond motifs is 1.